The summed E-state index contributed by atoms with van der Waals surface area (Å²) in [6.07, 6.45) is 5.80. The molecule has 0 spiro atoms. The van der Waals surface area contributed by atoms with Crippen molar-refractivity contribution >= 4 is 5.78 Å². The number of likely N-dealkylation sites (tertiary alicyclic amines) is 1. The molecule has 24 heavy (non-hydrogen) atoms. The highest BCUT2D eigenvalue weighted by molar-refractivity contribution is 6.03. The van der Waals surface area contributed by atoms with Crippen LogP contribution in [0.2, 0.25) is 0 Å². The predicted molar refractivity (Wildman–Crippen MR) is 91.0 cm³/mol. The average molecular weight is 324 g/mol. The number of nitriles is 1. The molecule has 1 heterocycles. The first kappa shape index (κ1) is 15.8. The number of ketones is 1. The van der Waals surface area contributed by atoms with Gasteiger partial charge in [-0.25, -0.2) is 0 Å². The number of nitrogens with zero attached hydrogens (tertiary/aromatic N) is 2. The molecule has 1 saturated heterocycles. The molecule has 1 aromatic rings. The van der Waals surface area contributed by atoms with E-state index in [0.717, 1.165) is 37.9 Å². The lowest BCUT2D eigenvalue weighted by atomic mass is 9.52. The molecule has 2 fully saturated rings. The SMILES string of the molecule is COCCN1CC[C@]23CCCC[C@H]2[C@H]1C(=O)c1ccc(C#N)cc13. The van der Waals surface area contributed by atoms with E-state index in [0.29, 0.717) is 18.1 Å². The molecular formula is C20H24N2O2. The molecule has 0 amide bonds. The van der Waals surface area contributed by atoms with E-state index in [1.165, 1.54) is 18.4 Å². The fraction of sp³-hybridized carbons (Fsp3) is 0.600. The summed E-state index contributed by atoms with van der Waals surface area (Å²) in [4.78, 5) is 15.6. The third kappa shape index (κ3) is 2.15. The normalized spacial score (nSPS) is 31.9. The molecule has 4 heteroatoms. The maximum absolute atomic E-state index is 13.3. The van der Waals surface area contributed by atoms with Crippen LogP contribution in [0.15, 0.2) is 18.2 Å². The van der Waals surface area contributed by atoms with E-state index < -0.39 is 0 Å². The van der Waals surface area contributed by atoms with Gasteiger partial charge in [0.15, 0.2) is 5.78 Å². The zero-order chi connectivity index (χ0) is 16.7. The number of fused-ring (bicyclic) bond motifs is 1. The lowest BCUT2D eigenvalue weighted by Gasteiger charge is -2.58. The lowest BCUT2D eigenvalue weighted by molar-refractivity contribution is -0.0107. The standard InChI is InChI=1S/C20H24N2O2/c1-24-11-10-22-9-8-20-7-3-2-4-16(20)18(22)19(23)15-6-5-14(13-21)12-17(15)20/h5-6,12,16,18H,2-4,7-11H2,1H3/t16-,18-,20+/m0/s1. The second kappa shape index (κ2) is 5.98. The summed E-state index contributed by atoms with van der Waals surface area (Å²) in [6.45, 7) is 2.45. The molecule has 2 bridgehead atoms. The van der Waals surface area contributed by atoms with E-state index in [-0.39, 0.29) is 17.2 Å². The van der Waals surface area contributed by atoms with Crippen LogP contribution in [0.1, 0.15) is 53.6 Å². The van der Waals surface area contributed by atoms with Gasteiger partial charge >= 0.3 is 0 Å². The summed E-state index contributed by atoms with van der Waals surface area (Å²) in [5.74, 6) is 0.651. The van der Waals surface area contributed by atoms with Crippen molar-refractivity contribution in [3.8, 4) is 6.07 Å². The maximum atomic E-state index is 13.3. The van der Waals surface area contributed by atoms with Crippen molar-refractivity contribution in [3.05, 3.63) is 34.9 Å². The van der Waals surface area contributed by atoms with Crippen LogP contribution in [0.5, 0.6) is 0 Å². The zero-order valence-corrected chi connectivity index (χ0v) is 14.3. The number of hydrogen-bond acceptors (Lipinski definition) is 4. The molecule has 0 radical (unpaired) electrons. The Morgan fingerprint density at radius 1 is 1.38 bits per heavy atom. The molecule has 0 unspecified atom stereocenters. The topological polar surface area (TPSA) is 53.3 Å². The first-order chi connectivity index (χ1) is 11.7. The van der Waals surface area contributed by atoms with Crippen LogP contribution in [-0.2, 0) is 10.2 Å². The van der Waals surface area contributed by atoms with Gasteiger partial charge in [0.05, 0.1) is 24.3 Å². The van der Waals surface area contributed by atoms with E-state index in [1.54, 1.807) is 13.2 Å². The predicted octanol–water partition coefficient (Wildman–Crippen LogP) is 2.90. The third-order valence-corrected chi connectivity index (χ3v) is 6.52. The number of Topliss-reactive ketones (excluding diaryl/α,β-unsaturated/α-hetero) is 1. The third-order valence-electron chi connectivity index (χ3n) is 6.52. The molecule has 0 aromatic heterocycles. The first-order valence-corrected chi connectivity index (χ1v) is 9.03. The van der Waals surface area contributed by atoms with Crippen molar-refractivity contribution in [1.82, 2.24) is 4.90 Å². The van der Waals surface area contributed by atoms with Crippen LogP contribution in [0.4, 0.5) is 0 Å². The number of hydrogen-bond donors (Lipinski definition) is 0. The Hall–Kier alpha value is -1.70. The molecule has 3 atom stereocenters. The van der Waals surface area contributed by atoms with E-state index in [1.807, 2.05) is 12.1 Å². The lowest BCUT2D eigenvalue weighted by Crippen LogP contribution is -2.63. The number of ether oxygens (including phenoxy) is 1. The highest BCUT2D eigenvalue weighted by Gasteiger charge is 2.56. The minimum absolute atomic E-state index is 0.00497. The summed E-state index contributed by atoms with van der Waals surface area (Å²) < 4.78 is 5.26. The van der Waals surface area contributed by atoms with Crippen molar-refractivity contribution < 1.29 is 9.53 Å². The fourth-order valence-corrected chi connectivity index (χ4v) is 5.45. The number of carbonyl (C=O) groups is 1. The van der Waals surface area contributed by atoms with Gasteiger partial charge in [-0.1, -0.05) is 12.8 Å². The Balaban J connectivity index is 1.83. The smallest absolute Gasteiger partial charge is 0.180 e. The number of piperidine rings is 1. The minimum Gasteiger partial charge on any atom is -0.383 e. The second-order valence-electron chi connectivity index (χ2n) is 7.47. The minimum atomic E-state index is -0.00497. The Kier molecular flexibility index (Phi) is 3.94. The van der Waals surface area contributed by atoms with Gasteiger partial charge in [-0.3, -0.25) is 9.69 Å². The van der Waals surface area contributed by atoms with Crippen molar-refractivity contribution in [2.24, 2.45) is 5.92 Å². The number of methoxy groups -OCH3 is 1. The number of rotatable bonds is 3. The number of carbonyl (C=O) groups excluding carboxylic acids is 1. The summed E-state index contributed by atoms with van der Waals surface area (Å²) in [7, 11) is 1.72. The molecule has 126 valence electrons. The van der Waals surface area contributed by atoms with Crippen molar-refractivity contribution in [1.29, 1.82) is 5.26 Å². The van der Waals surface area contributed by atoms with E-state index in [2.05, 4.69) is 11.0 Å². The van der Waals surface area contributed by atoms with Gasteiger partial charge in [-0.2, -0.15) is 5.26 Å². The average Bonchev–Trinajstić information content (AvgIpc) is 2.64. The number of benzene rings is 1. The van der Waals surface area contributed by atoms with Crippen LogP contribution in [0, 0.1) is 17.2 Å². The molecule has 2 aliphatic carbocycles. The van der Waals surface area contributed by atoms with E-state index in [9.17, 15) is 10.1 Å². The largest absolute Gasteiger partial charge is 0.383 e. The van der Waals surface area contributed by atoms with Gasteiger partial charge in [-0.05, 0) is 55.5 Å². The van der Waals surface area contributed by atoms with Crippen LogP contribution < -0.4 is 0 Å². The Morgan fingerprint density at radius 2 is 2.25 bits per heavy atom. The maximum Gasteiger partial charge on any atom is 0.180 e. The molecular weight excluding hydrogens is 300 g/mol. The summed E-state index contributed by atoms with van der Waals surface area (Å²) >= 11 is 0. The van der Waals surface area contributed by atoms with Crippen LogP contribution in [0.3, 0.4) is 0 Å². The van der Waals surface area contributed by atoms with Crippen molar-refractivity contribution in [2.75, 3.05) is 26.8 Å². The molecule has 3 aliphatic rings. The first-order valence-electron chi connectivity index (χ1n) is 9.03. The molecule has 1 aliphatic heterocycles. The molecule has 4 rings (SSSR count). The highest BCUT2D eigenvalue weighted by atomic mass is 16.5. The van der Waals surface area contributed by atoms with Crippen molar-refractivity contribution in [3.63, 3.8) is 0 Å². The Morgan fingerprint density at radius 3 is 3.04 bits per heavy atom. The van der Waals surface area contributed by atoms with Gasteiger partial charge in [0.1, 0.15) is 0 Å². The Bertz CT molecular complexity index is 708. The molecule has 1 saturated carbocycles. The van der Waals surface area contributed by atoms with Crippen LogP contribution in [-0.4, -0.2) is 43.5 Å². The van der Waals surface area contributed by atoms with Crippen LogP contribution >= 0.6 is 0 Å². The highest BCUT2D eigenvalue weighted by Crippen LogP contribution is 2.55. The summed E-state index contributed by atoms with van der Waals surface area (Å²) in [6, 6.07) is 7.95. The molecule has 1 aromatic carbocycles. The quantitative estimate of drug-likeness (QED) is 0.858. The monoisotopic (exact) mass is 324 g/mol. The Labute approximate surface area is 143 Å². The fourth-order valence-electron chi connectivity index (χ4n) is 5.45. The van der Waals surface area contributed by atoms with Gasteiger partial charge in [-0.15, -0.1) is 0 Å². The second-order valence-corrected chi connectivity index (χ2v) is 7.47. The van der Waals surface area contributed by atoms with E-state index >= 15 is 0 Å². The van der Waals surface area contributed by atoms with Gasteiger partial charge in [0.2, 0.25) is 0 Å². The van der Waals surface area contributed by atoms with Crippen LogP contribution in [0.25, 0.3) is 0 Å². The molecule has 0 N–H and O–H groups in total. The van der Waals surface area contributed by atoms with Gasteiger partial charge < -0.3 is 4.74 Å². The summed E-state index contributed by atoms with van der Waals surface area (Å²) in [5.41, 5.74) is 2.81. The van der Waals surface area contributed by atoms with Gasteiger partial charge in [0.25, 0.3) is 0 Å². The van der Waals surface area contributed by atoms with Crippen molar-refractivity contribution in [2.45, 2.75) is 43.6 Å². The zero-order valence-electron chi connectivity index (χ0n) is 14.3. The molecule has 4 nitrogen and oxygen atoms in total. The summed E-state index contributed by atoms with van der Waals surface area (Å²) in [5, 5.41) is 9.31. The van der Waals surface area contributed by atoms with E-state index in [4.69, 9.17) is 4.74 Å². The van der Waals surface area contributed by atoms with Gasteiger partial charge in [0, 0.05) is 24.6 Å².